The van der Waals surface area contributed by atoms with E-state index in [4.69, 9.17) is 4.74 Å². The van der Waals surface area contributed by atoms with Crippen LogP contribution in [-0.4, -0.2) is 41.3 Å². The van der Waals surface area contributed by atoms with Crippen molar-refractivity contribution in [2.45, 2.75) is 18.4 Å². The summed E-state index contributed by atoms with van der Waals surface area (Å²) in [4.78, 5) is 26.1. The van der Waals surface area contributed by atoms with E-state index >= 15 is 0 Å². The number of ether oxygens (including phenoxy) is 1. The summed E-state index contributed by atoms with van der Waals surface area (Å²) in [5, 5.41) is 13.6. The first-order chi connectivity index (χ1) is 14.8. The number of rotatable bonds is 8. The molecule has 10 nitrogen and oxygen atoms in total. The second-order valence-electron chi connectivity index (χ2n) is 6.60. The normalized spacial score (nSPS) is 11.1. The minimum absolute atomic E-state index is 0.0832. The molecule has 1 aromatic heterocycles. The lowest BCUT2D eigenvalue weighted by Gasteiger charge is -2.12. The number of amides is 1. The largest absolute Gasteiger partial charge is 0.448 e. The van der Waals surface area contributed by atoms with Crippen LogP contribution in [0, 0.1) is 17.0 Å². The van der Waals surface area contributed by atoms with E-state index in [1.54, 1.807) is 49.4 Å². The minimum Gasteiger partial charge on any atom is -0.448 e. The molecule has 1 N–H and O–H groups in total. The maximum absolute atomic E-state index is 12.8. The van der Waals surface area contributed by atoms with Crippen LogP contribution in [0.2, 0.25) is 0 Å². The van der Waals surface area contributed by atoms with Gasteiger partial charge in [-0.1, -0.05) is 35.3 Å². The van der Waals surface area contributed by atoms with Crippen molar-refractivity contribution in [3.8, 4) is 0 Å². The fourth-order valence-electron chi connectivity index (χ4n) is 2.98. The average molecular weight is 444 g/mol. The quantitative estimate of drug-likeness (QED) is 0.417. The van der Waals surface area contributed by atoms with E-state index in [1.807, 2.05) is 0 Å². The van der Waals surface area contributed by atoms with Crippen molar-refractivity contribution >= 4 is 27.6 Å². The average Bonchev–Trinajstić information content (AvgIpc) is 3.18. The van der Waals surface area contributed by atoms with Gasteiger partial charge in [0.05, 0.1) is 17.2 Å². The van der Waals surface area contributed by atoms with E-state index in [2.05, 4.69) is 10.3 Å². The van der Waals surface area contributed by atoms with Crippen LogP contribution >= 0.6 is 0 Å². The molecule has 0 radical (unpaired) electrons. The van der Waals surface area contributed by atoms with Crippen molar-refractivity contribution in [3.05, 3.63) is 82.2 Å². The van der Waals surface area contributed by atoms with Crippen molar-refractivity contribution in [2.24, 2.45) is 0 Å². The predicted molar refractivity (Wildman–Crippen MR) is 113 cm³/mol. The molecule has 0 saturated carbocycles. The SMILES string of the molecule is Cc1c(Cn2ccnc2[N+](=O)[O-])cccc1S(=O)(=O)CCOC(=O)Nc1ccccc1. The molecule has 3 aromatic rings. The van der Waals surface area contributed by atoms with Crippen LogP contribution in [0.25, 0.3) is 0 Å². The van der Waals surface area contributed by atoms with Gasteiger partial charge in [-0.2, -0.15) is 0 Å². The standard InChI is InChI=1S/C20H20N4O6S/c1-15-16(14-23-11-10-21-19(23)24(26)27)6-5-9-18(15)31(28,29)13-12-30-20(25)22-17-7-3-2-4-8-17/h2-11H,12-14H2,1H3,(H,22,25). The van der Waals surface area contributed by atoms with Crippen molar-refractivity contribution in [3.63, 3.8) is 0 Å². The van der Waals surface area contributed by atoms with Gasteiger partial charge in [0.25, 0.3) is 0 Å². The van der Waals surface area contributed by atoms with Gasteiger partial charge in [-0.15, -0.1) is 0 Å². The first-order valence-electron chi connectivity index (χ1n) is 9.23. The summed E-state index contributed by atoms with van der Waals surface area (Å²) in [6, 6.07) is 13.4. The number of carbonyl (C=O) groups is 1. The van der Waals surface area contributed by atoms with Gasteiger partial charge in [0.2, 0.25) is 0 Å². The van der Waals surface area contributed by atoms with E-state index in [1.165, 1.54) is 23.0 Å². The fraction of sp³-hybridized carbons (Fsp3) is 0.200. The van der Waals surface area contributed by atoms with Crippen LogP contribution in [-0.2, 0) is 21.1 Å². The second kappa shape index (κ2) is 9.39. The number of nitrogens with one attached hydrogen (secondary N) is 1. The molecule has 162 valence electrons. The number of aromatic nitrogens is 2. The van der Waals surface area contributed by atoms with Gasteiger partial charge in [0, 0.05) is 5.69 Å². The minimum atomic E-state index is -3.75. The molecule has 0 atom stereocenters. The van der Waals surface area contributed by atoms with E-state index in [-0.39, 0.29) is 24.0 Å². The number of nitrogens with zero attached hydrogens (tertiary/aromatic N) is 3. The number of benzene rings is 2. The first kappa shape index (κ1) is 22.0. The van der Waals surface area contributed by atoms with E-state index in [9.17, 15) is 23.3 Å². The molecule has 11 heteroatoms. The Morgan fingerprint density at radius 1 is 1.19 bits per heavy atom. The van der Waals surface area contributed by atoms with Crippen molar-refractivity contribution in [2.75, 3.05) is 17.7 Å². The molecule has 1 heterocycles. The number of carbonyl (C=O) groups excluding carboxylic acids is 1. The number of anilines is 1. The lowest BCUT2D eigenvalue weighted by molar-refractivity contribution is -0.396. The molecular weight excluding hydrogens is 424 g/mol. The summed E-state index contributed by atoms with van der Waals surface area (Å²) < 4.78 is 31.9. The zero-order valence-corrected chi connectivity index (χ0v) is 17.4. The van der Waals surface area contributed by atoms with Gasteiger partial charge in [-0.25, -0.2) is 17.8 Å². The molecule has 0 aliphatic rings. The number of para-hydroxylation sites is 1. The Bertz CT molecular complexity index is 1190. The first-order valence-corrected chi connectivity index (χ1v) is 10.9. The van der Waals surface area contributed by atoms with E-state index in [0.29, 0.717) is 16.8 Å². The third-order valence-corrected chi connectivity index (χ3v) is 6.35. The summed E-state index contributed by atoms with van der Waals surface area (Å²) >= 11 is 0. The predicted octanol–water partition coefficient (Wildman–Crippen LogP) is 3.17. The maximum atomic E-state index is 12.8. The van der Waals surface area contributed by atoms with Crippen LogP contribution in [0.5, 0.6) is 0 Å². The summed E-state index contributed by atoms with van der Waals surface area (Å²) in [6.45, 7) is 1.41. The van der Waals surface area contributed by atoms with Gasteiger partial charge in [0.15, 0.2) is 9.84 Å². The topological polar surface area (TPSA) is 133 Å². The molecule has 0 fully saturated rings. The number of hydrogen-bond acceptors (Lipinski definition) is 7. The van der Waals surface area contributed by atoms with Gasteiger partial charge >= 0.3 is 12.0 Å². The third kappa shape index (κ3) is 5.45. The molecule has 0 saturated heterocycles. The molecule has 0 unspecified atom stereocenters. The molecule has 3 rings (SSSR count). The highest BCUT2D eigenvalue weighted by Gasteiger charge is 2.21. The summed E-state index contributed by atoms with van der Waals surface area (Å²) in [7, 11) is -3.75. The smallest absolute Gasteiger partial charge is 0.434 e. The lowest BCUT2D eigenvalue weighted by Crippen LogP contribution is -2.20. The third-order valence-electron chi connectivity index (χ3n) is 4.53. The Balaban J connectivity index is 1.67. The Kier molecular flexibility index (Phi) is 6.65. The zero-order chi connectivity index (χ0) is 22.4. The van der Waals surface area contributed by atoms with Gasteiger partial charge in [0.1, 0.15) is 19.0 Å². The molecule has 31 heavy (non-hydrogen) atoms. The van der Waals surface area contributed by atoms with Gasteiger partial charge in [-0.05, 0) is 41.2 Å². The summed E-state index contributed by atoms with van der Waals surface area (Å²) in [5.41, 5.74) is 1.61. The summed E-state index contributed by atoms with van der Waals surface area (Å²) in [5.74, 6) is -0.726. The van der Waals surface area contributed by atoms with E-state index in [0.717, 1.165) is 0 Å². The fourth-order valence-corrected chi connectivity index (χ4v) is 4.38. The molecule has 0 spiro atoms. The van der Waals surface area contributed by atoms with Crippen molar-refractivity contribution in [1.82, 2.24) is 9.55 Å². The van der Waals surface area contributed by atoms with Gasteiger partial charge < -0.3 is 14.9 Å². The zero-order valence-electron chi connectivity index (χ0n) is 16.6. The number of hydrogen-bond donors (Lipinski definition) is 1. The van der Waals surface area contributed by atoms with Crippen molar-refractivity contribution < 1.29 is 22.9 Å². The Labute approximate surface area is 178 Å². The van der Waals surface area contributed by atoms with Gasteiger partial charge in [-0.3, -0.25) is 5.32 Å². The number of imidazole rings is 1. The number of nitro groups is 1. The Morgan fingerprint density at radius 2 is 1.94 bits per heavy atom. The lowest BCUT2D eigenvalue weighted by atomic mass is 10.1. The van der Waals surface area contributed by atoms with Crippen LogP contribution in [0.15, 0.2) is 65.8 Å². The van der Waals surface area contributed by atoms with Crippen LogP contribution in [0.4, 0.5) is 16.4 Å². The van der Waals surface area contributed by atoms with Crippen LogP contribution < -0.4 is 5.32 Å². The highest BCUT2D eigenvalue weighted by atomic mass is 32.2. The second-order valence-corrected chi connectivity index (χ2v) is 8.68. The van der Waals surface area contributed by atoms with Crippen LogP contribution in [0.1, 0.15) is 11.1 Å². The van der Waals surface area contributed by atoms with E-state index < -0.39 is 26.6 Å². The highest BCUT2D eigenvalue weighted by molar-refractivity contribution is 7.91. The number of sulfone groups is 1. The Hall–Kier alpha value is -3.73. The summed E-state index contributed by atoms with van der Waals surface area (Å²) in [6.07, 6.45) is 2.02. The molecular formula is C20H20N4O6S. The molecule has 0 bridgehead atoms. The molecule has 0 aliphatic carbocycles. The molecule has 1 amide bonds. The van der Waals surface area contributed by atoms with Crippen molar-refractivity contribution in [1.29, 1.82) is 0 Å². The molecule has 2 aromatic carbocycles. The highest BCUT2D eigenvalue weighted by Crippen LogP contribution is 2.22. The Morgan fingerprint density at radius 3 is 2.65 bits per heavy atom. The maximum Gasteiger partial charge on any atom is 0.434 e. The monoisotopic (exact) mass is 444 g/mol. The van der Waals surface area contributed by atoms with Crippen LogP contribution in [0.3, 0.4) is 0 Å². The molecule has 0 aliphatic heterocycles.